The van der Waals surface area contributed by atoms with Gasteiger partial charge in [0.15, 0.2) is 11.0 Å². The Balaban J connectivity index is 1.49. The Kier molecular flexibility index (Phi) is 4.76. The third-order valence-electron chi connectivity index (χ3n) is 4.62. The SMILES string of the molecule is C[C@H](OC(=O)[C@@]12CCC(=O)N1c1ccccc1S2)C(=O)Nc1ccc(Cl)cn1. The number of thioether (sulfide) groups is 1. The fraction of sp³-hybridized carbons (Fsp3) is 0.263. The van der Waals surface area contributed by atoms with E-state index >= 15 is 0 Å². The molecule has 2 amide bonds. The van der Waals surface area contributed by atoms with Crippen molar-refractivity contribution in [2.24, 2.45) is 0 Å². The van der Waals surface area contributed by atoms with Crippen LogP contribution in [-0.2, 0) is 19.1 Å². The van der Waals surface area contributed by atoms with Gasteiger partial charge in [0.2, 0.25) is 5.91 Å². The maximum Gasteiger partial charge on any atom is 0.344 e. The van der Waals surface area contributed by atoms with Crippen LogP contribution in [0.1, 0.15) is 19.8 Å². The van der Waals surface area contributed by atoms with Gasteiger partial charge in [0.05, 0.1) is 10.7 Å². The average Bonchev–Trinajstić information content (AvgIpc) is 3.19. The number of nitrogens with zero attached hydrogens (tertiary/aromatic N) is 2. The van der Waals surface area contributed by atoms with Crippen molar-refractivity contribution in [3.63, 3.8) is 0 Å². The van der Waals surface area contributed by atoms with Crippen molar-refractivity contribution in [3.8, 4) is 0 Å². The zero-order chi connectivity index (χ0) is 19.9. The van der Waals surface area contributed by atoms with Gasteiger partial charge >= 0.3 is 5.97 Å². The zero-order valence-electron chi connectivity index (χ0n) is 14.8. The second-order valence-electron chi connectivity index (χ2n) is 6.48. The number of aromatic nitrogens is 1. The van der Waals surface area contributed by atoms with Gasteiger partial charge in [-0.2, -0.15) is 0 Å². The molecule has 2 aromatic rings. The zero-order valence-corrected chi connectivity index (χ0v) is 16.4. The van der Waals surface area contributed by atoms with E-state index in [-0.39, 0.29) is 12.3 Å². The number of esters is 1. The van der Waals surface area contributed by atoms with Crippen LogP contribution < -0.4 is 10.2 Å². The van der Waals surface area contributed by atoms with Gasteiger partial charge < -0.3 is 10.1 Å². The number of amides is 2. The predicted octanol–water partition coefficient (Wildman–Crippen LogP) is 3.23. The number of carbonyl (C=O) groups is 3. The molecule has 7 nitrogen and oxygen atoms in total. The smallest absolute Gasteiger partial charge is 0.344 e. The minimum absolute atomic E-state index is 0.128. The molecule has 1 fully saturated rings. The molecule has 1 aromatic carbocycles. The molecule has 9 heteroatoms. The van der Waals surface area contributed by atoms with Crippen LogP contribution >= 0.6 is 23.4 Å². The standard InChI is InChI=1S/C19H16ClN3O4S/c1-11(17(25)22-15-7-6-12(20)10-21-15)27-18(26)19-9-8-16(24)23(19)13-4-2-3-5-14(13)28-19/h2-7,10-11H,8-9H2,1H3,(H,21,22,25)/t11-,19-/m0/s1. The largest absolute Gasteiger partial charge is 0.450 e. The van der Waals surface area contributed by atoms with E-state index < -0.39 is 22.9 Å². The lowest BCUT2D eigenvalue weighted by atomic mass is 10.2. The molecule has 2 aliphatic rings. The van der Waals surface area contributed by atoms with Gasteiger partial charge in [0.25, 0.3) is 5.91 Å². The van der Waals surface area contributed by atoms with Crippen LogP contribution in [-0.4, -0.2) is 33.7 Å². The molecule has 0 spiro atoms. The van der Waals surface area contributed by atoms with E-state index in [0.717, 1.165) is 4.90 Å². The van der Waals surface area contributed by atoms with Crippen molar-refractivity contribution >= 4 is 52.7 Å². The molecule has 0 radical (unpaired) electrons. The quantitative estimate of drug-likeness (QED) is 0.768. The third-order valence-corrected chi connectivity index (χ3v) is 6.30. The highest BCUT2D eigenvalue weighted by Crippen LogP contribution is 2.56. The van der Waals surface area contributed by atoms with Crippen molar-refractivity contribution in [1.29, 1.82) is 0 Å². The number of pyridine rings is 1. The van der Waals surface area contributed by atoms with E-state index in [2.05, 4.69) is 10.3 Å². The summed E-state index contributed by atoms with van der Waals surface area (Å²) in [7, 11) is 0. The molecule has 0 aliphatic carbocycles. The lowest BCUT2D eigenvalue weighted by molar-refractivity contribution is -0.155. The summed E-state index contributed by atoms with van der Waals surface area (Å²) in [4.78, 5) is 43.0. The van der Waals surface area contributed by atoms with Crippen molar-refractivity contribution in [2.75, 3.05) is 10.2 Å². The third kappa shape index (κ3) is 3.12. The number of anilines is 2. The van der Waals surface area contributed by atoms with Crippen LogP contribution in [0.25, 0.3) is 0 Å². The lowest BCUT2D eigenvalue weighted by Crippen LogP contribution is -2.49. The highest BCUT2D eigenvalue weighted by molar-refractivity contribution is 8.02. The van der Waals surface area contributed by atoms with Gasteiger partial charge in [-0.15, -0.1) is 0 Å². The predicted molar refractivity (Wildman–Crippen MR) is 105 cm³/mol. The fourth-order valence-corrected chi connectivity index (χ4v) is 4.77. The Morgan fingerprint density at radius 3 is 2.86 bits per heavy atom. The van der Waals surface area contributed by atoms with Crippen LogP contribution in [0, 0.1) is 0 Å². The molecule has 144 valence electrons. The molecule has 3 heterocycles. The topological polar surface area (TPSA) is 88.6 Å². The molecule has 4 rings (SSSR count). The summed E-state index contributed by atoms with van der Waals surface area (Å²) in [5.41, 5.74) is 0.703. The molecule has 0 saturated carbocycles. The summed E-state index contributed by atoms with van der Waals surface area (Å²) < 4.78 is 5.46. The van der Waals surface area contributed by atoms with Gasteiger partial charge in [0, 0.05) is 23.9 Å². The second kappa shape index (κ2) is 7.10. The summed E-state index contributed by atoms with van der Waals surface area (Å²) >= 11 is 7.07. The first-order valence-electron chi connectivity index (χ1n) is 8.65. The molecule has 2 atom stereocenters. The second-order valence-corrected chi connectivity index (χ2v) is 8.24. The number of rotatable bonds is 4. The maximum absolute atomic E-state index is 13.0. The summed E-state index contributed by atoms with van der Waals surface area (Å²) in [6, 6.07) is 10.5. The van der Waals surface area contributed by atoms with Crippen molar-refractivity contribution in [1.82, 2.24) is 4.98 Å². The number of benzene rings is 1. The van der Waals surface area contributed by atoms with Gasteiger partial charge in [-0.25, -0.2) is 9.78 Å². The Morgan fingerprint density at radius 2 is 2.11 bits per heavy atom. The molecular weight excluding hydrogens is 402 g/mol. The summed E-state index contributed by atoms with van der Waals surface area (Å²) in [6.07, 6.45) is 0.936. The van der Waals surface area contributed by atoms with E-state index in [4.69, 9.17) is 16.3 Å². The number of carbonyl (C=O) groups excluding carboxylic acids is 3. The Hall–Kier alpha value is -2.58. The van der Waals surface area contributed by atoms with Crippen LogP contribution in [0.3, 0.4) is 0 Å². The maximum atomic E-state index is 13.0. The van der Waals surface area contributed by atoms with Gasteiger partial charge in [-0.1, -0.05) is 35.5 Å². The molecule has 0 unspecified atom stereocenters. The van der Waals surface area contributed by atoms with E-state index in [1.807, 2.05) is 24.3 Å². The minimum Gasteiger partial charge on any atom is -0.450 e. The Labute approximate surface area is 170 Å². The van der Waals surface area contributed by atoms with Crippen LogP contribution in [0.5, 0.6) is 0 Å². The Morgan fingerprint density at radius 1 is 1.32 bits per heavy atom. The van der Waals surface area contributed by atoms with E-state index in [9.17, 15) is 14.4 Å². The van der Waals surface area contributed by atoms with E-state index in [1.165, 1.54) is 29.8 Å². The number of nitrogens with one attached hydrogen (secondary N) is 1. The van der Waals surface area contributed by atoms with Crippen LogP contribution in [0.15, 0.2) is 47.5 Å². The monoisotopic (exact) mass is 417 g/mol. The molecule has 0 bridgehead atoms. The summed E-state index contributed by atoms with van der Waals surface area (Å²) in [6.45, 7) is 1.48. The molecule has 1 aromatic heterocycles. The van der Waals surface area contributed by atoms with E-state index in [1.54, 1.807) is 12.1 Å². The Bertz CT molecular complexity index is 968. The number of para-hydroxylation sites is 1. The van der Waals surface area contributed by atoms with Gasteiger partial charge in [-0.05, 0) is 31.2 Å². The minimum atomic E-state index is -1.16. The normalized spacial score (nSPS) is 21.1. The average molecular weight is 418 g/mol. The number of fused-ring (bicyclic) bond motifs is 3. The van der Waals surface area contributed by atoms with Crippen molar-refractivity contribution in [2.45, 2.75) is 35.6 Å². The first-order chi connectivity index (χ1) is 13.4. The number of hydrogen-bond acceptors (Lipinski definition) is 6. The molecule has 2 aliphatic heterocycles. The number of ether oxygens (including phenoxy) is 1. The summed E-state index contributed by atoms with van der Waals surface area (Å²) in [5.74, 6) is -0.949. The number of halogens is 1. The molecule has 1 saturated heterocycles. The van der Waals surface area contributed by atoms with E-state index in [0.29, 0.717) is 22.9 Å². The summed E-state index contributed by atoms with van der Waals surface area (Å²) in [5, 5.41) is 3.02. The highest BCUT2D eigenvalue weighted by Gasteiger charge is 2.58. The van der Waals surface area contributed by atoms with Crippen LogP contribution in [0.4, 0.5) is 11.5 Å². The molecule has 1 N–H and O–H groups in total. The first kappa shape index (κ1) is 18.8. The fourth-order valence-electron chi connectivity index (χ4n) is 3.26. The van der Waals surface area contributed by atoms with Crippen LogP contribution in [0.2, 0.25) is 5.02 Å². The van der Waals surface area contributed by atoms with Gasteiger partial charge in [0.1, 0.15) is 5.82 Å². The highest BCUT2D eigenvalue weighted by atomic mass is 35.5. The lowest BCUT2D eigenvalue weighted by Gasteiger charge is -2.29. The van der Waals surface area contributed by atoms with Crippen molar-refractivity contribution in [3.05, 3.63) is 47.6 Å². The molecule has 28 heavy (non-hydrogen) atoms. The first-order valence-corrected chi connectivity index (χ1v) is 9.85. The molecular formula is C19H16ClN3O4S. The van der Waals surface area contributed by atoms with Gasteiger partial charge in [-0.3, -0.25) is 14.5 Å². The number of hydrogen-bond donors (Lipinski definition) is 1. The van der Waals surface area contributed by atoms with Crippen molar-refractivity contribution < 1.29 is 19.1 Å².